The zero-order chi connectivity index (χ0) is 59.4. The van der Waals surface area contributed by atoms with Crippen LogP contribution in [0.25, 0.3) is 0 Å². The van der Waals surface area contributed by atoms with Gasteiger partial charge in [-0.15, -0.1) is 0 Å². The number of carbonyl (C=O) groups is 10. The summed E-state index contributed by atoms with van der Waals surface area (Å²) in [5.41, 5.74) is 1.60. The van der Waals surface area contributed by atoms with Gasteiger partial charge in [0.25, 0.3) is 41.4 Å². The fraction of sp³-hybridized carbons (Fsp3) is 0.333. The van der Waals surface area contributed by atoms with E-state index in [2.05, 4.69) is 73.1 Å². The van der Waals surface area contributed by atoms with Crippen LogP contribution in [0.3, 0.4) is 0 Å². The molecule has 0 radical (unpaired) electrons. The molecule has 0 aromatic carbocycles. The standard InChI is InChI=1S/C51H63N21O10/c1-9-14-53-48(79)42-63-36(26-70(42)6)61-39(74)12-16-56-47(78)34-22-31(25-69(34)5)59-50(81)43-64-35(27-71(43)7)60-38(73)11-10-15-54-45(76)32-21-30(24-67(32)3)58-51(82)44-65-37(28-72(44)8)62-40(75)13-17-55-46(77)33-20-29(23-68(33)4)57-49(80)41-52-18-19-66(41)2/h18-28H,9-17H2,1-8H3,(H,53,79)(H,54,76)(H,55,77)(H,56,78)(H,57,80)(H,58,82)(H,59,81)(H,60,73)(H,61,74)(H,62,75). The maximum Gasteiger partial charge on any atom is 0.291 e. The number of anilines is 6. The summed E-state index contributed by atoms with van der Waals surface area (Å²) in [6, 6.07) is 4.41. The second-order valence-corrected chi connectivity index (χ2v) is 18.9. The van der Waals surface area contributed by atoms with Gasteiger partial charge in [-0.25, -0.2) is 19.9 Å². The Morgan fingerprint density at radius 1 is 0.378 bits per heavy atom. The van der Waals surface area contributed by atoms with E-state index in [4.69, 9.17) is 0 Å². The molecule has 7 heterocycles. The highest BCUT2D eigenvalue weighted by atomic mass is 16.2. The number of aryl methyl sites for hydroxylation is 7. The van der Waals surface area contributed by atoms with Gasteiger partial charge in [0.2, 0.25) is 35.2 Å². The summed E-state index contributed by atoms with van der Waals surface area (Å²) in [7, 11) is 11.3. The van der Waals surface area contributed by atoms with E-state index in [9.17, 15) is 47.9 Å². The summed E-state index contributed by atoms with van der Waals surface area (Å²) in [4.78, 5) is 145. The fourth-order valence-electron chi connectivity index (χ4n) is 8.17. The van der Waals surface area contributed by atoms with Crippen LogP contribution in [0.2, 0.25) is 0 Å². The molecule has 7 aromatic heterocycles. The average molecular weight is 1130 g/mol. The Balaban J connectivity index is 0.788. The molecule has 0 fully saturated rings. The number of nitrogens with zero attached hydrogens (tertiary/aromatic N) is 11. The normalized spacial score (nSPS) is 10.9. The third kappa shape index (κ3) is 15.1. The summed E-state index contributed by atoms with van der Waals surface area (Å²) >= 11 is 0. The lowest BCUT2D eigenvalue weighted by Gasteiger charge is -2.06. The molecule has 0 aliphatic carbocycles. The molecule has 0 atom stereocenters. The predicted molar refractivity (Wildman–Crippen MR) is 297 cm³/mol. The van der Waals surface area contributed by atoms with Gasteiger partial charge in [-0.05, 0) is 31.0 Å². The zero-order valence-corrected chi connectivity index (χ0v) is 46.2. The number of carbonyl (C=O) groups excluding carboxylic acids is 10. The zero-order valence-electron chi connectivity index (χ0n) is 46.2. The van der Waals surface area contributed by atoms with Gasteiger partial charge in [0.1, 0.15) is 17.1 Å². The maximum atomic E-state index is 13.3. The largest absolute Gasteiger partial charge is 0.351 e. The lowest BCUT2D eigenvalue weighted by atomic mass is 10.3. The number of nitrogens with one attached hydrogen (secondary N) is 10. The summed E-state index contributed by atoms with van der Waals surface area (Å²) < 4.78 is 10.4. The second kappa shape index (κ2) is 26.4. The molecule has 0 unspecified atom stereocenters. The molecule has 7 rings (SSSR count). The van der Waals surface area contributed by atoms with Crippen molar-refractivity contribution in [1.29, 1.82) is 0 Å². The Hall–Kier alpha value is -10.6. The first-order valence-electron chi connectivity index (χ1n) is 25.6. The summed E-state index contributed by atoms with van der Waals surface area (Å²) in [6.45, 7) is 2.49. The number of hydrogen-bond acceptors (Lipinski definition) is 14. The van der Waals surface area contributed by atoms with Crippen LogP contribution in [0.15, 0.2) is 67.8 Å². The van der Waals surface area contributed by atoms with Crippen LogP contribution in [0.1, 0.15) is 113 Å². The summed E-state index contributed by atoms with van der Waals surface area (Å²) in [5.74, 6) is -4.21. The van der Waals surface area contributed by atoms with Crippen molar-refractivity contribution < 1.29 is 47.9 Å². The smallest absolute Gasteiger partial charge is 0.291 e. The fourth-order valence-corrected chi connectivity index (χ4v) is 8.17. The van der Waals surface area contributed by atoms with Crippen LogP contribution in [-0.4, -0.2) is 137 Å². The topological polar surface area (TPSA) is 377 Å². The van der Waals surface area contributed by atoms with Crippen LogP contribution >= 0.6 is 0 Å². The van der Waals surface area contributed by atoms with E-state index in [1.807, 2.05) is 6.92 Å². The molecular weight excluding hydrogens is 1070 g/mol. The minimum absolute atomic E-state index is 0.00809. The molecule has 0 saturated heterocycles. The minimum atomic E-state index is -0.628. The molecule has 0 bridgehead atoms. The average Bonchev–Trinajstić information content (AvgIpc) is 4.51. The quantitative estimate of drug-likeness (QED) is 0.0360. The molecule has 432 valence electrons. The van der Waals surface area contributed by atoms with Crippen molar-refractivity contribution in [1.82, 2.24) is 73.2 Å². The van der Waals surface area contributed by atoms with Gasteiger partial charge in [-0.2, -0.15) is 0 Å². The van der Waals surface area contributed by atoms with Crippen LogP contribution < -0.4 is 53.2 Å². The number of hydrogen-bond donors (Lipinski definition) is 10. The minimum Gasteiger partial charge on any atom is -0.351 e. The molecule has 82 heavy (non-hydrogen) atoms. The predicted octanol–water partition coefficient (Wildman–Crippen LogP) is 1.20. The Labute approximate surface area is 468 Å². The molecule has 31 nitrogen and oxygen atoms in total. The second-order valence-electron chi connectivity index (χ2n) is 18.9. The first-order chi connectivity index (χ1) is 39.1. The highest BCUT2D eigenvalue weighted by molar-refractivity contribution is 6.06. The summed E-state index contributed by atoms with van der Waals surface area (Å²) in [6.07, 6.45) is 12.9. The molecule has 7 aromatic rings. The third-order valence-corrected chi connectivity index (χ3v) is 12.2. The first-order valence-corrected chi connectivity index (χ1v) is 25.6. The van der Waals surface area contributed by atoms with E-state index in [0.717, 1.165) is 6.42 Å². The van der Waals surface area contributed by atoms with Gasteiger partial charge in [0.05, 0.1) is 17.1 Å². The van der Waals surface area contributed by atoms with Crippen molar-refractivity contribution in [3.05, 3.63) is 108 Å². The van der Waals surface area contributed by atoms with Gasteiger partial charge in [0.15, 0.2) is 23.3 Å². The Morgan fingerprint density at radius 3 is 1.11 bits per heavy atom. The van der Waals surface area contributed by atoms with Crippen molar-refractivity contribution in [2.24, 2.45) is 49.3 Å². The van der Waals surface area contributed by atoms with Gasteiger partial charge in [-0.1, -0.05) is 6.92 Å². The Kier molecular flexibility index (Phi) is 19.0. The number of aromatic nitrogens is 11. The molecular formula is C51H63N21O10. The number of imidazole rings is 4. The van der Waals surface area contributed by atoms with Crippen LogP contribution in [0.4, 0.5) is 34.5 Å². The van der Waals surface area contributed by atoms with Crippen molar-refractivity contribution in [3.63, 3.8) is 0 Å². The van der Waals surface area contributed by atoms with E-state index in [-0.39, 0.29) is 120 Å². The van der Waals surface area contributed by atoms with Crippen LogP contribution in [-0.2, 0) is 63.7 Å². The van der Waals surface area contributed by atoms with Crippen LogP contribution in [0, 0.1) is 0 Å². The Morgan fingerprint density at radius 2 is 0.732 bits per heavy atom. The van der Waals surface area contributed by atoms with Crippen molar-refractivity contribution in [2.45, 2.75) is 39.0 Å². The van der Waals surface area contributed by atoms with Gasteiger partial charge in [0, 0.05) is 144 Å². The van der Waals surface area contributed by atoms with Gasteiger partial charge < -0.3 is 85.1 Å². The highest BCUT2D eigenvalue weighted by Gasteiger charge is 2.23. The monoisotopic (exact) mass is 1130 g/mol. The van der Waals surface area contributed by atoms with Gasteiger partial charge >= 0.3 is 0 Å². The van der Waals surface area contributed by atoms with E-state index in [1.54, 1.807) is 66.3 Å². The Bertz CT molecular complexity index is 3580. The van der Waals surface area contributed by atoms with Gasteiger partial charge in [-0.3, -0.25) is 47.9 Å². The molecule has 10 N–H and O–H groups in total. The maximum absolute atomic E-state index is 13.3. The third-order valence-electron chi connectivity index (χ3n) is 12.2. The molecule has 10 amide bonds. The van der Waals surface area contributed by atoms with E-state index < -0.39 is 53.2 Å². The van der Waals surface area contributed by atoms with E-state index in [0.29, 0.717) is 12.2 Å². The first kappa shape index (κ1) is 59.0. The molecule has 0 saturated carbocycles. The van der Waals surface area contributed by atoms with E-state index >= 15 is 0 Å². The number of rotatable bonds is 25. The lowest BCUT2D eigenvalue weighted by Crippen LogP contribution is -2.29. The van der Waals surface area contributed by atoms with E-state index in [1.165, 1.54) is 82.8 Å². The van der Waals surface area contributed by atoms with Crippen molar-refractivity contribution in [2.75, 3.05) is 58.1 Å². The molecule has 31 heteroatoms. The van der Waals surface area contributed by atoms with Crippen molar-refractivity contribution in [3.8, 4) is 0 Å². The SMILES string of the molecule is CCCNC(=O)c1nc(NC(=O)CCNC(=O)c2cc(NC(=O)c3nc(NC(=O)CCCNC(=O)c4cc(NC(=O)c5nc(NC(=O)CCNC(=O)c6cc(NC(=O)c7nccn7C)cn6C)cn5C)cn4C)cn3C)cn2C)cn1C. The molecule has 0 spiro atoms. The van der Waals surface area contributed by atoms with Crippen LogP contribution in [0.5, 0.6) is 0 Å². The van der Waals surface area contributed by atoms with Crippen molar-refractivity contribution >= 4 is 93.6 Å². The molecule has 0 aliphatic heterocycles. The number of amides is 10. The molecule has 0 aliphatic rings. The highest BCUT2D eigenvalue weighted by Crippen LogP contribution is 2.19. The summed E-state index contributed by atoms with van der Waals surface area (Å²) in [5, 5.41) is 26.8. The lowest BCUT2D eigenvalue weighted by molar-refractivity contribution is -0.117.